The zero-order valence-corrected chi connectivity index (χ0v) is 19.3. The van der Waals surface area contributed by atoms with Gasteiger partial charge in [-0.3, -0.25) is 9.59 Å². The van der Waals surface area contributed by atoms with Gasteiger partial charge in [0.2, 0.25) is 0 Å². The molecule has 0 fully saturated rings. The normalized spacial score (nSPS) is 11.9. The number of methoxy groups -OCH3 is 2. The molecule has 2 amide bonds. The van der Waals surface area contributed by atoms with Crippen molar-refractivity contribution in [3.8, 4) is 17.2 Å². The van der Waals surface area contributed by atoms with Gasteiger partial charge >= 0.3 is 0 Å². The molecular formula is C21H24IN3O5. The van der Waals surface area contributed by atoms with Crippen LogP contribution < -0.4 is 20.2 Å². The van der Waals surface area contributed by atoms with E-state index in [0.29, 0.717) is 26.2 Å². The van der Waals surface area contributed by atoms with Gasteiger partial charge in [-0.2, -0.15) is 5.10 Å². The molecule has 0 saturated carbocycles. The molecule has 0 aliphatic carbocycles. The van der Waals surface area contributed by atoms with Crippen molar-refractivity contribution in [1.29, 1.82) is 0 Å². The molecule has 0 heterocycles. The molecule has 0 aliphatic heterocycles. The molecule has 0 saturated heterocycles. The molecule has 3 N–H and O–H groups in total. The average Bonchev–Trinajstić information content (AvgIpc) is 2.73. The summed E-state index contributed by atoms with van der Waals surface area (Å²) in [5.41, 5.74) is 3.51. The molecule has 8 nitrogen and oxygen atoms in total. The molecule has 0 aromatic heterocycles. The van der Waals surface area contributed by atoms with E-state index in [1.54, 1.807) is 43.5 Å². The molecule has 1 unspecified atom stereocenters. The lowest BCUT2D eigenvalue weighted by molar-refractivity contribution is -0.123. The zero-order valence-electron chi connectivity index (χ0n) is 17.1. The van der Waals surface area contributed by atoms with Gasteiger partial charge in [0.15, 0.2) is 11.5 Å². The van der Waals surface area contributed by atoms with Crippen LogP contribution in [0.15, 0.2) is 41.5 Å². The zero-order chi connectivity index (χ0) is 22.3. The molecular weight excluding hydrogens is 501 g/mol. The summed E-state index contributed by atoms with van der Waals surface area (Å²) < 4.78 is 10.8. The van der Waals surface area contributed by atoms with Gasteiger partial charge in [-0.15, -0.1) is 0 Å². The van der Waals surface area contributed by atoms with Crippen LogP contribution in [-0.2, 0) is 4.79 Å². The number of phenols is 1. The molecule has 1 atom stereocenters. The molecule has 0 bridgehead atoms. The van der Waals surface area contributed by atoms with Gasteiger partial charge < -0.3 is 19.9 Å². The predicted octanol–water partition coefficient (Wildman–Crippen LogP) is 2.92. The summed E-state index contributed by atoms with van der Waals surface area (Å²) in [6.07, 6.45) is 1.44. The lowest BCUT2D eigenvalue weighted by atomic mass is 10.0. The van der Waals surface area contributed by atoms with Crippen molar-refractivity contribution in [2.24, 2.45) is 11.0 Å². The Bertz CT molecular complexity index is 929. The van der Waals surface area contributed by atoms with E-state index in [1.807, 2.05) is 36.4 Å². The Morgan fingerprint density at radius 2 is 1.80 bits per heavy atom. The highest BCUT2D eigenvalue weighted by molar-refractivity contribution is 14.1. The minimum absolute atomic E-state index is 0.0420. The summed E-state index contributed by atoms with van der Waals surface area (Å²) in [6, 6.07) is 9.13. The van der Waals surface area contributed by atoms with Crippen LogP contribution >= 0.6 is 22.6 Å². The number of benzene rings is 2. The van der Waals surface area contributed by atoms with Gasteiger partial charge in [-0.05, 0) is 70.5 Å². The van der Waals surface area contributed by atoms with E-state index in [0.717, 1.165) is 0 Å². The summed E-state index contributed by atoms with van der Waals surface area (Å²) in [7, 11) is 3.00. The van der Waals surface area contributed by atoms with E-state index in [2.05, 4.69) is 15.8 Å². The maximum atomic E-state index is 12.6. The van der Waals surface area contributed by atoms with E-state index in [4.69, 9.17) is 9.47 Å². The lowest BCUT2D eigenvalue weighted by Gasteiger charge is -2.20. The number of phenolic OH excluding ortho intramolecular Hbond substituents is 1. The number of hydrogen-bond acceptors (Lipinski definition) is 6. The van der Waals surface area contributed by atoms with Crippen molar-refractivity contribution < 1.29 is 24.2 Å². The topological polar surface area (TPSA) is 109 Å². The average molecular weight is 525 g/mol. The number of carbonyl (C=O) groups excluding carboxylic acids is 2. The number of aromatic hydroxyl groups is 1. The number of nitrogens with zero attached hydrogens (tertiary/aromatic N) is 1. The molecule has 2 rings (SSSR count). The standard InChI is InChI=1S/C21H24IN3O5/c1-12(2)18(24-20(27)14-5-7-15(29-3)8-6-14)21(28)25-23-11-13-9-16(22)19(26)17(10-13)30-4/h5-12,18,26H,1-4H3,(H,24,27)(H,25,28)/b23-11+. The fourth-order valence-electron chi connectivity index (χ4n) is 2.57. The number of nitrogens with one attached hydrogen (secondary N) is 2. The first-order valence-electron chi connectivity index (χ1n) is 9.11. The second-order valence-corrected chi connectivity index (χ2v) is 7.87. The van der Waals surface area contributed by atoms with E-state index in [1.165, 1.54) is 13.3 Å². The van der Waals surface area contributed by atoms with E-state index >= 15 is 0 Å². The number of carbonyl (C=O) groups is 2. The number of amides is 2. The Balaban J connectivity index is 2.05. The van der Waals surface area contributed by atoms with Gasteiger partial charge in [0.25, 0.3) is 11.8 Å². The van der Waals surface area contributed by atoms with Crippen molar-refractivity contribution in [2.45, 2.75) is 19.9 Å². The summed E-state index contributed by atoms with van der Waals surface area (Å²) >= 11 is 1.97. The first-order valence-corrected chi connectivity index (χ1v) is 10.2. The fraction of sp³-hybridized carbons (Fsp3) is 0.286. The minimum Gasteiger partial charge on any atom is -0.504 e. The number of rotatable bonds is 8. The van der Waals surface area contributed by atoms with E-state index in [-0.39, 0.29) is 17.6 Å². The molecule has 30 heavy (non-hydrogen) atoms. The van der Waals surface area contributed by atoms with Crippen LogP contribution in [0.2, 0.25) is 0 Å². The number of ether oxygens (including phenoxy) is 2. The highest BCUT2D eigenvalue weighted by Gasteiger charge is 2.24. The monoisotopic (exact) mass is 525 g/mol. The smallest absolute Gasteiger partial charge is 0.262 e. The van der Waals surface area contributed by atoms with E-state index in [9.17, 15) is 14.7 Å². The SMILES string of the molecule is COc1ccc(C(=O)NC(C(=O)N/N=C/c2cc(I)c(O)c(OC)c2)C(C)C)cc1. The van der Waals surface area contributed by atoms with Crippen molar-refractivity contribution in [1.82, 2.24) is 10.7 Å². The van der Waals surface area contributed by atoms with Crippen molar-refractivity contribution in [3.63, 3.8) is 0 Å². The molecule has 0 radical (unpaired) electrons. The Morgan fingerprint density at radius 3 is 2.37 bits per heavy atom. The molecule has 9 heteroatoms. The van der Waals surface area contributed by atoms with Gasteiger partial charge in [-0.1, -0.05) is 13.8 Å². The fourth-order valence-corrected chi connectivity index (χ4v) is 3.19. The van der Waals surface area contributed by atoms with Crippen LogP contribution in [0.1, 0.15) is 29.8 Å². The van der Waals surface area contributed by atoms with Crippen LogP contribution in [0.4, 0.5) is 0 Å². The van der Waals surface area contributed by atoms with Crippen LogP contribution in [-0.4, -0.2) is 43.4 Å². The van der Waals surface area contributed by atoms with Gasteiger partial charge in [0, 0.05) is 5.56 Å². The molecule has 2 aromatic carbocycles. The summed E-state index contributed by atoms with van der Waals surface area (Å²) in [4.78, 5) is 25.1. The summed E-state index contributed by atoms with van der Waals surface area (Å²) in [5, 5.41) is 16.6. The second-order valence-electron chi connectivity index (χ2n) is 6.71. The Kier molecular flexibility index (Phi) is 8.46. The summed E-state index contributed by atoms with van der Waals surface area (Å²) in [6.45, 7) is 3.66. The highest BCUT2D eigenvalue weighted by Crippen LogP contribution is 2.31. The second kappa shape index (κ2) is 10.8. The molecule has 2 aromatic rings. The first-order chi connectivity index (χ1) is 14.3. The molecule has 0 aliphatic rings. The van der Waals surface area contributed by atoms with Crippen LogP contribution in [0.3, 0.4) is 0 Å². The van der Waals surface area contributed by atoms with Crippen LogP contribution in [0.5, 0.6) is 17.2 Å². The van der Waals surface area contributed by atoms with Gasteiger partial charge in [-0.25, -0.2) is 5.43 Å². The van der Waals surface area contributed by atoms with Gasteiger partial charge in [0.05, 0.1) is 24.0 Å². The van der Waals surface area contributed by atoms with Crippen molar-refractivity contribution in [2.75, 3.05) is 14.2 Å². The highest BCUT2D eigenvalue weighted by atomic mass is 127. The van der Waals surface area contributed by atoms with Crippen LogP contribution in [0.25, 0.3) is 0 Å². The Labute approximate surface area is 188 Å². The van der Waals surface area contributed by atoms with Gasteiger partial charge in [0.1, 0.15) is 11.8 Å². The Morgan fingerprint density at radius 1 is 1.13 bits per heavy atom. The van der Waals surface area contributed by atoms with Crippen molar-refractivity contribution in [3.05, 3.63) is 51.1 Å². The summed E-state index contributed by atoms with van der Waals surface area (Å²) in [5.74, 6) is 0.0235. The number of hydrazone groups is 1. The predicted molar refractivity (Wildman–Crippen MR) is 122 cm³/mol. The molecule has 0 spiro atoms. The quantitative estimate of drug-likeness (QED) is 0.279. The third kappa shape index (κ3) is 6.09. The third-order valence-electron chi connectivity index (χ3n) is 4.25. The minimum atomic E-state index is -0.772. The third-order valence-corrected chi connectivity index (χ3v) is 5.07. The van der Waals surface area contributed by atoms with Crippen molar-refractivity contribution >= 4 is 40.6 Å². The first kappa shape index (κ1) is 23.5. The Hall–Kier alpha value is -2.82. The van der Waals surface area contributed by atoms with Crippen LogP contribution in [0, 0.1) is 9.49 Å². The molecule has 160 valence electrons. The van der Waals surface area contributed by atoms with E-state index < -0.39 is 11.9 Å². The number of halogens is 1. The number of hydrogen-bond donors (Lipinski definition) is 3. The maximum absolute atomic E-state index is 12.6. The largest absolute Gasteiger partial charge is 0.504 e. The maximum Gasteiger partial charge on any atom is 0.262 e. The lowest BCUT2D eigenvalue weighted by Crippen LogP contribution is -2.48.